The van der Waals surface area contributed by atoms with E-state index in [1.54, 1.807) is 18.2 Å². The molecule has 0 aliphatic carbocycles. The molecule has 1 unspecified atom stereocenters. The second kappa shape index (κ2) is 6.84. The van der Waals surface area contributed by atoms with Crippen molar-refractivity contribution in [3.63, 3.8) is 0 Å². The number of ether oxygens (including phenoxy) is 1. The number of hydrogen-bond donors (Lipinski definition) is 1. The first kappa shape index (κ1) is 16.2. The Kier molecular flexibility index (Phi) is 4.82. The molecule has 126 valence electrons. The minimum atomic E-state index is -0.326. The van der Waals surface area contributed by atoms with Gasteiger partial charge in [-0.25, -0.2) is 4.39 Å². The first-order valence-corrected chi connectivity index (χ1v) is 8.17. The molecule has 0 bridgehead atoms. The fourth-order valence-electron chi connectivity index (χ4n) is 3.50. The Hall–Kier alpha value is -1.66. The zero-order valence-electron chi connectivity index (χ0n) is 13.7. The molecular weight excluding hydrogens is 297 g/mol. The number of nitrogens with one attached hydrogen (secondary N) is 1. The summed E-state index contributed by atoms with van der Waals surface area (Å²) in [5.41, 5.74) is 0.598. The number of hydrogen-bond acceptors (Lipinski definition) is 4. The van der Waals surface area contributed by atoms with E-state index in [0.717, 1.165) is 19.6 Å². The molecule has 0 radical (unpaired) electrons. The van der Waals surface area contributed by atoms with Crippen LogP contribution >= 0.6 is 0 Å². The largest absolute Gasteiger partial charge is 0.494 e. The maximum atomic E-state index is 14.4. The van der Waals surface area contributed by atoms with Crippen LogP contribution in [0.4, 0.5) is 4.39 Å². The van der Waals surface area contributed by atoms with Gasteiger partial charge in [-0.3, -0.25) is 9.69 Å². The Morgan fingerprint density at radius 2 is 2.22 bits per heavy atom. The number of nitrogens with zero attached hydrogens (tertiary/aromatic N) is 2. The maximum Gasteiger partial charge on any atom is 0.241 e. The van der Waals surface area contributed by atoms with Crippen LogP contribution in [0.15, 0.2) is 18.2 Å². The molecule has 2 atom stereocenters. The van der Waals surface area contributed by atoms with Crippen LogP contribution in [0.2, 0.25) is 0 Å². The Morgan fingerprint density at radius 3 is 3.00 bits per heavy atom. The van der Waals surface area contributed by atoms with E-state index in [0.29, 0.717) is 25.2 Å². The molecule has 1 aromatic rings. The summed E-state index contributed by atoms with van der Waals surface area (Å²) < 4.78 is 19.4. The monoisotopic (exact) mass is 321 g/mol. The van der Waals surface area contributed by atoms with Gasteiger partial charge in [-0.15, -0.1) is 0 Å². The molecule has 2 heterocycles. The Bertz CT molecular complexity index is 581. The Balaban J connectivity index is 1.70. The van der Waals surface area contributed by atoms with Crippen LogP contribution in [0, 0.1) is 5.82 Å². The van der Waals surface area contributed by atoms with E-state index in [1.807, 2.05) is 11.8 Å². The summed E-state index contributed by atoms with van der Waals surface area (Å²) >= 11 is 0. The molecule has 6 heteroatoms. The van der Waals surface area contributed by atoms with Gasteiger partial charge >= 0.3 is 0 Å². The van der Waals surface area contributed by atoms with Crippen molar-refractivity contribution in [2.75, 3.05) is 46.4 Å². The fourth-order valence-corrected chi connectivity index (χ4v) is 3.50. The van der Waals surface area contributed by atoms with E-state index >= 15 is 0 Å². The average Bonchev–Trinajstić information content (AvgIpc) is 2.57. The summed E-state index contributed by atoms with van der Waals surface area (Å²) in [7, 11) is 1.46. The predicted molar refractivity (Wildman–Crippen MR) is 86.2 cm³/mol. The molecule has 2 fully saturated rings. The lowest BCUT2D eigenvalue weighted by molar-refractivity contribution is -0.142. The normalized spacial score (nSPS) is 23.5. The lowest BCUT2D eigenvalue weighted by Crippen LogP contribution is -2.64. The predicted octanol–water partition coefficient (Wildman–Crippen LogP) is 1.05. The smallest absolute Gasteiger partial charge is 0.241 e. The Morgan fingerprint density at radius 1 is 1.39 bits per heavy atom. The van der Waals surface area contributed by atoms with E-state index in [1.165, 1.54) is 7.11 Å². The number of methoxy groups -OCH3 is 1. The highest BCUT2D eigenvalue weighted by atomic mass is 19.1. The first-order valence-electron chi connectivity index (χ1n) is 8.17. The molecule has 2 aliphatic rings. The fraction of sp³-hybridized carbons (Fsp3) is 0.588. The average molecular weight is 321 g/mol. The van der Waals surface area contributed by atoms with Crippen molar-refractivity contribution in [3.05, 3.63) is 29.6 Å². The van der Waals surface area contributed by atoms with Gasteiger partial charge in [-0.2, -0.15) is 0 Å². The lowest BCUT2D eigenvalue weighted by Gasteiger charge is -2.43. The molecule has 0 saturated carbocycles. The van der Waals surface area contributed by atoms with Crippen molar-refractivity contribution >= 4 is 5.91 Å². The molecule has 1 N–H and O–H groups in total. The van der Waals surface area contributed by atoms with Crippen molar-refractivity contribution < 1.29 is 13.9 Å². The lowest BCUT2D eigenvalue weighted by atomic mass is 9.98. The number of carbonyl (C=O) groups excluding carboxylic acids is 1. The van der Waals surface area contributed by atoms with Crippen LogP contribution in [-0.4, -0.2) is 68.1 Å². The summed E-state index contributed by atoms with van der Waals surface area (Å²) in [6.45, 7) is 6.66. The van der Waals surface area contributed by atoms with Crippen molar-refractivity contribution in [1.82, 2.24) is 15.1 Å². The minimum absolute atomic E-state index is 0.0696. The third-order valence-corrected chi connectivity index (χ3v) is 4.85. The molecule has 2 saturated heterocycles. The van der Waals surface area contributed by atoms with Gasteiger partial charge in [0.1, 0.15) is 6.04 Å². The van der Waals surface area contributed by atoms with E-state index in [-0.39, 0.29) is 29.4 Å². The van der Waals surface area contributed by atoms with Crippen LogP contribution in [0.1, 0.15) is 18.4 Å². The van der Waals surface area contributed by atoms with Gasteiger partial charge in [0.15, 0.2) is 11.6 Å². The number of halogens is 1. The molecule has 1 aromatic carbocycles. The summed E-state index contributed by atoms with van der Waals surface area (Å²) in [4.78, 5) is 16.8. The van der Waals surface area contributed by atoms with Crippen molar-refractivity contribution in [3.8, 4) is 5.75 Å². The van der Waals surface area contributed by atoms with E-state index in [2.05, 4.69) is 10.2 Å². The van der Waals surface area contributed by atoms with E-state index < -0.39 is 0 Å². The SMILES string of the molecule is COc1cccc(C(C)CN2CCN3CCNC[C@@H]3C2=O)c1F. The second-order valence-corrected chi connectivity index (χ2v) is 6.30. The number of benzene rings is 1. The van der Waals surface area contributed by atoms with Crippen molar-refractivity contribution in [2.45, 2.75) is 18.9 Å². The van der Waals surface area contributed by atoms with Gasteiger partial charge in [-0.05, 0) is 11.6 Å². The third-order valence-electron chi connectivity index (χ3n) is 4.85. The number of amides is 1. The third kappa shape index (κ3) is 3.19. The zero-order valence-corrected chi connectivity index (χ0v) is 13.7. The maximum absolute atomic E-state index is 14.4. The summed E-state index contributed by atoms with van der Waals surface area (Å²) in [6, 6.07) is 5.10. The minimum Gasteiger partial charge on any atom is -0.494 e. The number of rotatable bonds is 4. The highest BCUT2D eigenvalue weighted by molar-refractivity contribution is 5.83. The molecule has 2 aliphatic heterocycles. The zero-order chi connectivity index (χ0) is 16.4. The van der Waals surface area contributed by atoms with Crippen LogP contribution in [0.25, 0.3) is 0 Å². The Labute approximate surface area is 136 Å². The molecule has 3 rings (SSSR count). The first-order chi connectivity index (χ1) is 11.1. The highest BCUT2D eigenvalue weighted by Gasteiger charge is 2.36. The highest BCUT2D eigenvalue weighted by Crippen LogP contribution is 2.27. The molecule has 5 nitrogen and oxygen atoms in total. The van der Waals surface area contributed by atoms with Gasteiger partial charge in [0.25, 0.3) is 0 Å². The van der Waals surface area contributed by atoms with Crippen LogP contribution in [0.3, 0.4) is 0 Å². The van der Waals surface area contributed by atoms with E-state index in [4.69, 9.17) is 4.74 Å². The molecule has 0 spiro atoms. The van der Waals surface area contributed by atoms with Crippen LogP contribution in [-0.2, 0) is 4.79 Å². The van der Waals surface area contributed by atoms with Crippen molar-refractivity contribution in [2.24, 2.45) is 0 Å². The van der Waals surface area contributed by atoms with Gasteiger partial charge < -0.3 is 15.0 Å². The van der Waals surface area contributed by atoms with Crippen molar-refractivity contribution in [1.29, 1.82) is 0 Å². The van der Waals surface area contributed by atoms with Gasteiger partial charge in [0.05, 0.1) is 7.11 Å². The molecular formula is C17H24FN3O2. The quantitative estimate of drug-likeness (QED) is 0.900. The van der Waals surface area contributed by atoms with E-state index in [9.17, 15) is 9.18 Å². The number of fused-ring (bicyclic) bond motifs is 1. The number of piperazine rings is 2. The summed E-state index contributed by atoms with van der Waals surface area (Å²) in [5, 5.41) is 3.28. The second-order valence-electron chi connectivity index (χ2n) is 6.30. The number of carbonyl (C=O) groups is 1. The summed E-state index contributed by atoms with van der Waals surface area (Å²) in [5.74, 6) is 0.00523. The van der Waals surface area contributed by atoms with Gasteiger partial charge in [0.2, 0.25) is 5.91 Å². The van der Waals surface area contributed by atoms with Gasteiger partial charge in [0, 0.05) is 45.2 Å². The topological polar surface area (TPSA) is 44.8 Å². The van der Waals surface area contributed by atoms with Crippen LogP contribution in [0.5, 0.6) is 5.75 Å². The molecule has 23 heavy (non-hydrogen) atoms. The summed E-state index contributed by atoms with van der Waals surface area (Å²) in [6.07, 6.45) is 0. The standard InChI is InChI=1S/C17H24FN3O2/c1-12(13-4-3-5-15(23-2)16(13)18)11-21-9-8-20-7-6-19-10-14(20)17(21)22/h3-5,12,14,19H,6-11H2,1-2H3/t12?,14-/m1/s1. The molecule has 0 aromatic heterocycles. The van der Waals surface area contributed by atoms with Gasteiger partial charge in [-0.1, -0.05) is 19.1 Å². The van der Waals surface area contributed by atoms with Crippen LogP contribution < -0.4 is 10.1 Å². The molecule has 1 amide bonds.